The first-order valence-corrected chi connectivity index (χ1v) is 5.34. The van der Waals surface area contributed by atoms with Crippen molar-refractivity contribution in [1.82, 2.24) is 10.6 Å². The van der Waals surface area contributed by atoms with Crippen LogP contribution in [0.1, 0.15) is 12.5 Å². The maximum Gasteiger partial charge on any atom is 0.252 e. The van der Waals surface area contributed by atoms with Crippen LogP contribution in [0.3, 0.4) is 0 Å². The van der Waals surface area contributed by atoms with E-state index in [2.05, 4.69) is 10.6 Å². The lowest BCUT2D eigenvalue weighted by molar-refractivity contribution is -0.123. The van der Waals surface area contributed by atoms with Gasteiger partial charge in [-0.15, -0.1) is 0 Å². The molecule has 1 fully saturated rings. The maximum atomic E-state index is 11.7. The van der Waals surface area contributed by atoms with Crippen LogP contribution in [0.5, 0.6) is 5.75 Å². The number of nitrogens with one attached hydrogen (secondary N) is 3. The molecule has 1 aromatic carbocycles. The average molecular weight is 233 g/mol. The van der Waals surface area contributed by atoms with Crippen molar-refractivity contribution in [2.24, 2.45) is 0 Å². The molecule has 1 aromatic rings. The van der Waals surface area contributed by atoms with Gasteiger partial charge in [-0.3, -0.25) is 15.5 Å². The number of carbonyl (C=O) groups is 1. The summed E-state index contributed by atoms with van der Waals surface area (Å²) >= 11 is 0. The van der Waals surface area contributed by atoms with Crippen LogP contribution < -0.4 is 15.4 Å². The third kappa shape index (κ3) is 2.22. The minimum atomic E-state index is -0.760. The second-order valence-electron chi connectivity index (χ2n) is 4.31. The highest BCUT2D eigenvalue weighted by Crippen LogP contribution is 2.20. The molecule has 1 atom stereocenters. The highest BCUT2D eigenvalue weighted by Gasteiger charge is 2.40. The summed E-state index contributed by atoms with van der Waals surface area (Å²) in [6.45, 7) is 1.78. The Morgan fingerprint density at radius 3 is 2.82 bits per heavy atom. The number of carbonyl (C=O) groups excluding carboxylic acids is 1. The lowest BCUT2D eigenvalue weighted by Gasteiger charge is -2.21. The molecule has 0 radical (unpaired) electrons. The molecule has 5 heteroatoms. The number of benzene rings is 1. The van der Waals surface area contributed by atoms with Crippen molar-refractivity contribution in [3.63, 3.8) is 0 Å². The second-order valence-corrected chi connectivity index (χ2v) is 4.31. The molecule has 1 aliphatic rings. The van der Waals surface area contributed by atoms with Gasteiger partial charge < -0.3 is 10.1 Å². The zero-order valence-corrected chi connectivity index (χ0v) is 9.83. The van der Waals surface area contributed by atoms with Gasteiger partial charge in [0.2, 0.25) is 0 Å². The van der Waals surface area contributed by atoms with Crippen LogP contribution in [-0.4, -0.2) is 24.5 Å². The lowest BCUT2D eigenvalue weighted by atomic mass is 9.93. The Morgan fingerprint density at radius 2 is 2.24 bits per heavy atom. The third-order valence-electron chi connectivity index (χ3n) is 2.83. The van der Waals surface area contributed by atoms with Crippen molar-refractivity contribution < 1.29 is 9.53 Å². The van der Waals surface area contributed by atoms with Gasteiger partial charge in [-0.05, 0) is 24.6 Å². The number of hydrogen-bond acceptors (Lipinski definition) is 3. The summed E-state index contributed by atoms with van der Waals surface area (Å²) in [6, 6.07) is 7.57. The first kappa shape index (κ1) is 11.4. The molecule has 1 saturated heterocycles. The fourth-order valence-electron chi connectivity index (χ4n) is 1.93. The summed E-state index contributed by atoms with van der Waals surface area (Å²) < 4.78 is 5.14. The predicted octanol–water partition coefficient (Wildman–Crippen LogP) is 0.651. The highest BCUT2D eigenvalue weighted by atomic mass is 16.5. The molecule has 1 amide bonds. The van der Waals surface area contributed by atoms with Crippen LogP contribution in [0.2, 0.25) is 0 Å². The van der Waals surface area contributed by atoms with Crippen molar-refractivity contribution in [3.8, 4) is 5.75 Å². The van der Waals surface area contributed by atoms with Gasteiger partial charge >= 0.3 is 0 Å². The van der Waals surface area contributed by atoms with Crippen molar-refractivity contribution in [2.45, 2.75) is 18.9 Å². The summed E-state index contributed by atoms with van der Waals surface area (Å²) in [5, 5.41) is 12.7. The van der Waals surface area contributed by atoms with Gasteiger partial charge in [-0.25, -0.2) is 0 Å². The van der Waals surface area contributed by atoms with Crippen molar-refractivity contribution in [1.29, 1.82) is 5.41 Å². The molecule has 5 nitrogen and oxygen atoms in total. The SMILES string of the molecule is COc1cccc(CC2(C)NC(=N)NC2=O)c1. The van der Waals surface area contributed by atoms with E-state index >= 15 is 0 Å². The van der Waals surface area contributed by atoms with Crippen LogP contribution in [-0.2, 0) is 11.2 Å². The van der Waals surface area contributed by atoms with Gasteiger partial charge in [0.25, 0.3) is 5.91 Å². The highest BCUT2D eigenvalue weighted by molar-refractivity contribution is 6.07. The topological polar surface area (TPSA) is 74.2 Å². The summed E-state index contributed by atoms with van der Waals surface area (Å²) in [5.74, 6) is 0.644. The molecule has 2 rings (SSSR count). The summed E-state index contributed by atoms with van der Waals surface area (Å²) in [4.78, 5) is 11.7. The van der Waals surface area contributed by atoms with Crippen molar-refractivity contribution in [2.75, 3.05) is 7.11 Å². The maximum absolute atomic E-state index is 11.7. The number of ether oxygens (including phenoxy) is 1. The zero-order valence-electron chi connectivity index (χ0n) is 9.83. The van der Waals surface area contributed by atoms with Gasteiger partial charge in [0.1, 0.15) is 11.3 Å². The van der Waals surface area contributed by atoms with Gasteiger partial charge in [-0.2, -0.15) is 0 Å². The average Bonchev–Trinajstić information content (AvgIpc) is 2.52. The molecular formula is C12H15N3O2. The molecule has 0 bridgehead atoms. The molecule has 3 N–H and O–H groups in total. The van der Waals surface area contributed by atoms with Crippen LogP contribution >= 0.6 is 0 Å². The Balaban J connectivity index is 2.20. The molecule has 0 saturated carbocycles. The van der Waals surface area contributed by atoms with Gasteiger partial charge in [0, 0.05) is 6.42 Å². The van der Waals surface area contributed by atoms with Crippen LogP contribution in [0.4, 0.5) is 0 Å². The Morgan fingerprint density at radius 1 is 1.47 bits per heavy atom. The van der Waals surface area contributed by atoms with E-state index < -0.39 is 5.54 Å². The molecule has 1 aliphatic heterocycles. The normalized spacial score (nSPS) is 23.2. The zero-order chi connectivity index (χ0) is 12.5. The van der Waals surface area contributed by atoms with Crippen LogP contribution in [0.15, 0.2) is 24.3 Å². The first-order chi connectivity index (χ1) is 8.03. The molecule has 90 valence electrons. The summed E-state index contributed by atoms with van der Waals surface area (Å²) in [7, 11) is 1.61. The minimum Gasteiger partial charge on any atom is -0.497 e. The number of guanidine groups is 1. The van der Waals surface area contributed by atoms with Gasteiger partial charge in [0.05, 0.1) is 7.11 Å². The molecule has 1 heterocycles. The molecule has 1 unspecified atom stereocenters. The molecular weight excluding hydrogens is 218 g/mol. The van der Waals surface area contributed by atoms with E-state index in [1.54, 1.807) is 14.0 Å². The summed E-state index contributed by atoms with van der Waals surface area (Å²) in [5.41, 5.74) is 0.230. The van der Waals surface area contributed by atoms with E-state index in [9.17, 15) is 4.79 Å². The number of amides is 1. The Hall–Kier alpha value is -2.04. The van der Waals surface area contributed by atoms with E-state index in [1.807, 2.05) is 24.3 Å². The Kier molecular flexibility index (Phi) is 2.75. The number of methoxy groups -OCH3 is 1. The van der Waals surface area contributed by atoms with Crippen LogP contribution in [0.25, 0.3) is 0 Å². The quantitative estimate of drug-likeness (QED) is 0.717. The largest absolute Gasteiger partial charge is 0.497 e. The molecule has 17 heavy (non-hydrogen) atoms. The molecule has 0 aromatic heterocycles. The van der Waals surface area contributed by atoms with E-state index in [0.717, 1.165) is 11.3 Å². The second kappa shape index (κ2) is 4.08. The van der Waals surface area contributed by atoms with Crippen molar-refractivity contribution >= 4 is 11.9 Å². The predicted molar refractivity (Wildman–Crippen MR) is 64.1 cm³/mol. The number of rotatable bonds is 3. The van der Waals surface area contributed by atoms with Gasteiger partial charge in [0.15, 0.2) is 5.96 Å². The Bertz CT molecular complexity index is 473. The fourth-order valence-corrected chi connectivity index (χ4v) is 1.93. The monoisotopic (exact) mass is 233 g/mol. The number of hydrogen-bond donors (Lipinski definition) is 3. The van der Waals surface area contributed by atoms with E-state index in [0.29, 0.717) is 6.42 Å². The molecule has 0 aliphatic carbocycles. The van der Waals surface area contributed by atoms with Crippen LogP contribution in [0, 0.1) is 5.41 Å². The van der Waals surface area contributed by atoms with Gasteiger partial charge in [-0.1, -0.05) is 12.1 Å². The fraction of sp³-hybridized carbons (Fsp3) is 0.333. The standard InChI is InChI=1S/C12H15N3O2/c1-12(10(16)14-11(13)15-12)7-8-4-3-5-9(6-8)17-2/h3-6H,7H2,1-2H3,(H3,13,14,15,16). The summed E-state index contributed by atoms with van der Waals surface area (Å²) in [6.07, 6.45) is 0.512. The van der Waals surface area contributed by atoms with Crippen molar-refractivity contribution in [3.05, 3.63) is 29.8 Å². The minimum absolute atomic E-state index is 0.0559. The van der Waals surface area contributed by atoms with E-state index in [-0.39, 0.29) is 11.9 Å². The van der Waals surface area contributed by atoms with E-state index in [4.69, 9.17) is 10.1 Å². The first-order valence-electron chi connectivity index (χ1n) is 5.34. The Labute approximate surface area is 99.7 Å². The molecule has 0 spiro atoms. The smallest absolute Gasteiger partial charge is 0.252 e. The third-order valence-corrected chi connectivity index (χ3v) is 2.83. The lowest BCUT2D eigenvalue weighted by Crippen LogP contribution is -2.45. The van der Waals surface area contributed by atoms with E-state index in [1.165, 1.54) is 0 Å².